The largest absolute Gasteiger partial charge is 0.373 e. The first-order valence-electron chi connectivity index (χ1n) is 12.8. The standard InChI is InChI=1S/C30H38O6Si2/c1-9-37(5,6)25-17-13-23(14-18-25)27(31)33-35-29(3)21-11-12-22-30(29,4)36-34-28(32)24-15-19-26(20-16-24)38(7,8)10-2/h9-10,13-20H,1-4,11-12,21-22H2,5-8H3. The zero-order chi connectivity index (χ0) is 28.2. The van der Waals surface area contributed by atoms with Crippen LogP contribution in [0.5, 0.6) is 0 Å². The van der Waals surface area contributed by atoms with Crippen molar-refractivity contribution in [3.8, 4) is 0 Å². The molecule has 2 radical (unpaired) electrons. The molecule has 1 fully saturated rings. The highest BCUT2D eigenvalue weighted by Crippen LogP contribution is 2.42. The minimum Gasteiger partial charge on any atom is -0.292 e. The van der Waals surface area contributed by atoms with Gasteiger partial charge in [0.15, 0.2) is 0 Å². The average molecular weight is 551 g/mol. The third-order valence-electron chi connectivity index (χ3n) is 7.55. The summed E-state index contributed by atoms with van der Waals surface area (Å²) in [5.41, 5.74) is 1.91. The molecule has 3 rings (SSSR count). The highest BCUT2D eigenvalue weighted by molar-refractivity contribution is 6.94. The van der Waals surface area contributed by atoms with E-state index < -0.39 is 39.3 Å². The molecule has 2 aromatic rings. The van der Waals surface area contributed by atoms with E-state index in [-0.39, 0.29) is 0 Å². The molecule has 1 aliphatic rings. The summed E-state index contributed by atoms with van der Waals surface area (Å²) < 4.78 is 0. The Morgan fingerprint density at radius 3 is 1.29 bits per heavy atom. The van der Waals surface area contributed by atoms with Gasteiger partial charge in [-0.3, -0.25) is 9.78 Å². The van der Waals surface area contributed by atoms with Gasteiger partial charge in [0, 0.05) is 0 Å². The molecule has 0 aliphatic heterocycles. The predicted molar refractivity (Wildman–Crippen MR) is 155 cm³/mol. The van der Waals surface area contributed by atoms with E-state index in [1.807, 2.05) is 35.7 Å². The van der Waals surface area contributed by atoms with Crippen molar-refractivity contribution in [2.45, 2.75) is 63.1 Å². The third kappa shape index (κ3) is 6.43. The van der Waals surface area contributed by atoms with Crippen molar-refractivity contribution in [1.29, 1.82) is 0 Å². The molecule has 2 aromatic carbocycles. The Morgan fingerprint density at radius 2 is 1.00 bits per heavy atom. The lowest BCUT2D eigenvalue weighted by Crippen LogP contribution is -2.56. The molecular weight excluding hydrogens is 512 g/mol. The van der Waals surface area contributed by atoms with Crippen molar-refractivity contribution in [3.05, 3.63) is 98.1 Å². The molecular formula is C30H38O6Si2. The minimum atomic E-state index is -1.74. The molecule has 0 aromatic heterocycles. The van der Waals surface area contributed by atoms with Crippen molar-refractivity contribution in [3.63, 3.8) is 0 Å². The molecule has 2 unspecified atom stereocenters. The van der Waals surface area contributed by atoms with Crippen LogP contribution in [-0.4, -0.2) is 39.3 Å². The van der Waals surface area contributed by atoms with Gasteiger partial charge in [-0.2, -0.15) is 9.78 Å². The molecule has 202 valence electrons. The van der Waals surface area contributed by atoms with Gasteiger partial charge in [-0.1, -0.05) is 85.1 Å². The number of carbonyl (C=O) groups is 2. The fraction of sp³-hybridized carbons (Fsp3) is 0.333. The van der Waals surface area contributed by atoms with Crippen molar-refractivity contribution >= 4 is 38.5 Å². The number of hydrogen-bond acceptors (Lipinski definition) is 6. The third-order valence-corrected chi connectivity index (χ3v) is 13.2. The molecule has 2 atom stereocenters. The number of carbonyl (C=O) groups excluding carboxylic acids is 2. The molecule has 38 heavy (non-hydrogen) atoms. The first kappa shape index (κ1) is 29.8. The van der Waals surface area contributed by atoms with E-state index in [9.17, 15) is 9.59 Å². The van der Waals surface area contributed by atoms with Crippen LogP contribution in [0.15, 0.2) is 73.1 Å². The normalized spacial score (nSPS) is 21.8. The van der Waals surface area contributed by atoms with Gasteiger partial charge in [0.1, 0.15) is 27.3 Å². The van der Waals surface area contributed by atoms with E-state index in [1.54, 1.807) is 24.3 Å². The average Bonchev–Trinajstić information content (AvgIpc) is 2.92. The Kier molecular flexibility index (Phi) is 9.03. The van der Waals surface area contributed by atoms with Crippen LogP contribution in [0.3, 0.4) is 0 Å². The Hall–Kier alpha value is -2.79. The molecule has 0 N–H and O–H groups in total. The van der Waals surface area contributed by atoms with Crippen LogP contribution in [0.4, 0.5) is 0 Å². The van der Waals surface area contributed by atoms with Crippen LogP contribution < -0.4 is 10.4 Å². The highest BCUT2D eigenvalue weighted by Gasteiger charge is 2.53. The monoisotopic (exact) mass is 550 g/mol. The van der Waals surface area contributed by atoms with Gasteiger partial charge in [0.2, 0.25) is 0 Å². The topological polar surface area (TPSA) is 71.1 Å². The van der Waals surface area contributed by atoms with Crippen molar-refractivity contribution in [1.82, 2.24) is 0 Å². The van der Waals surface area contributed by atoms with Crippen molar-refractivity contribution < 1.29 is 29.1 Å². The quantitative estimate of drug-likeness (QED) is 0.219. The van der Waals surface area contributed by atoms with E-state index in [1.165, 1.54) is 0 Å². The fourth-order valence-electron chi connectivity index (χ4n) is 4.15. The van der Waals surface area contributed by atoms with E-state index in [0.29, 0.717) is 24.0 Å². The highest BCUT2D eigenvalue weighted by atomic mass is 28.3. The molecule has 8 heteroatoms. The molecule has 1 saturated carbocycles. The lowest BCUT2D eigenvalue weighted by atomic mass is 9.74. The zero-order valence-corrected chi connectivity index (χ0v) is 24.9. The second-order valence-corrected chi connectivity index (χ2v) is 20.0. The molecule has 0 bridgehead atoms. The van der Waals surface area contributed by atoms with Crippen LogP contribution in [-0.2, 0) is 19.6 Å². The first-order chi connectivity index (χ1) is 17.8. The van der Waals surface area contributed by atoms with Gasteiger partial charge in [-0.05, 0) is 51.0 Å². The minimum absolute atomic E-state index is 0.343. The van der Waals surface area contributed by atoms with E-state index in [0.717, 1.165) is 23.2 Å². The number of hydrogen-bond donors (Lipinski definition) is 0. The van der Waals surface area contributed by atoms with Gasteiger partial charge < -0.3 is 0 Å². The number of rotatable bonds is 10. The zero-order valence-electron chi connectivity index (χ0n) is 22.9. The van der Waals surface area contributed by atoms with E-state index in [2.05, 4.69) is 53.2 Å². The molecule has 0 heterocycles. The molecule has 1 aliphatic carbocycles. The second kappa shape index (κ2) is 11.5. The van der Waals surface area contributed by atoms with Crippen molar-refractivity contribution in [2.75, 3.05) is 0 Å². The fourth-order valence-corrected chi connectivity index (χ4v) is 6.67. The van der Waals surface area contributed by atoms with Gasteiger partial charge in [-0.25, -0.2) is 9.59 Å². The van der Waals surface area contributed by atoms with Gasteiger partial charge in [-0.15, -0.1) is 13.2 Å². The molecule has 0 spiro atoms. The Morgan fingerprint density at radius 1 is 0.684 bits per heavy atom. The summed E-state index contributed by atoms with van der Waals surface area (Å²) in [6.45, 7) is 24.8. The summed E-state index contributed by atoms with van der Waals surface area (Å²) in [6, 6.07) is 14.5. The Bertz CT molecular complexity index is 1080. The Labute approximate surface area is 228 Å². The summed E-state index contributed by atoms with van der Waals surface area (Å²) in [4.78, 5) is 46.9. The van der Waals surface area contributed by atoms with Crippen LogP contribution in [0.2, 0.25) is 26.2 Å². The van der Waals surface area contributed by atoms with E-state index in [4.69, 9.17) is 19.6 Å². The number of benzene rings is 2. The summed E-state index contributed by atoms with van der Waals surface area (Å²) in [5.74, 6) is -1.32. The van der Waals surface area contributed by atoms with Gasteiger partial charge >= 0.3 is 11.9 Å². The lowest BCUT2D eigenvalue weighted by Gasteiger charge is -2.44. The van der Waals surface area contributed by atoms with Crippen molar-refractivity contribution in [2.24, 2.45) is 0 Å². The maximum absolute atomic E-state index is 12.7. The van der Waals surface area contributed by atoms with Crippen LogP contribution in [0.1, 0.15) is 46.4 Å². The summed E-state index contributed by atoms with van der Waals surface area (Å²) in [7, 11) is -3.48. The smallest absolute Gasteiger partial charge is 0.292 e. The van der Waals surface area contributed by atoms with Gasteiger partial charge in [0.05, 0.1) is 11.1 Å². The molecule has 0 amide bonds. The second-order valence-electron chi connectivity index (χ2n) is 11.1. The van der Waals surface area contributed by atoms with E-state index >= 15 is 0 Å². The SMILES string of the molecule is [CH2]C1(OOC(=O)c2ccc([Si](C)(C)C=C)cc2)CCCCC1([CH2])OOC(=O)c1ccc([Si](C)(C)C=C)cc1. The summed E-state index contributed by atoms with van der Waals surface area (Å²) >= 11 is 0. The van der Waals surface area contributed by atoms with Crippen LogP contribution in [0, 0.1) is 13.8 Å². The summed E-state index contributed by atoms with van der Waals surface area (Å²) in [6.07, 6.45) is 2.32. The molecule has 0 saturated heterocycles. The maximum Gasteiger partial charge on any atom is 0.373 e. The predicted octanol–water partition coefficient (Wildman–Crippen LogP) is 5.56. The van der Waals surface area contributed by atoms with Crippen LogP contribution in [0.25, 0.3) is 0 Å². The first-order valence-corrected chi connectivity index (χ1v) is 18.9. The lowest BCUT2D eigenvalue weighted by molar-refractivity contribution is -0.403. The molecule has 6 nitrogen and oxygen atoms in total. The van der Waals surface area contributed by atoms with Crippen LogP contribution >= 0.6 is 0 Å². The Balaban J connectivity index is 1.65. The summed E-state index contributed by atoms with van der Waals surface area (Å²) in [5, 5.41) is 2.30. The maximum atomic E-state index is 12.7. The van der Waals surface area contributed by atoms with Gasteiger partial charge in [0.25, 0.3) is 0 Å².